The smallest absolute Gasteiger partial charge is 0.339 e. The van der Waals surface area contributed by atoms with Crippen LogP contribution in [0.2, 0.25) is 0 Å². The molecule has 132 valence electrons. The number of aryl methyl sites for hydroxylation is 1. The summed E-state index contributed by atoms with van der Waals surface area (Å²) in [5, 5.41) is 2.21. The van der Waals surface area contributed by atoms with Crippen molar-refractivity contribution in [1.82, 2.24) is 14.7 Å². The molecular weight excluding hydrogens is 348 g/mol. The van der Waals surface area contributed by atoms with Crippen LogP contribution in [0.15, 0.2) is 41.4 Å². The molecule has 2 rings (SSSR count). The molecule has 0 saturated carbocycles. The van der Waals surface area contributed by atoms with Crippen molar-refractivity contribution in [2.75, 3.05) is 11.9 Å². The van der Waals surface area contributed by atoms with Crippen molar-refractivity contribution in [1.29, 1.82) is 0 Å². The molecule has 0 unspecified atom stereocenters. The van der Waals surface area contributed by atoms with Crippen LogP contribution in [0.25, 0.3) is 0 Å². The summed E-state index contributed by atoms with van der Waals surface area (Å²) in [6.07, 6.45) is 1.42. The van der Waals surface area contributed by atoms with Gasteiger partial charge >= 0.3 is 12.0 Å². The number of sulfonamides is 1. The minimum atomic E-state index is -4.30. The minimum absolute atomic E-state index is 0.0497. The Morgan fingerprint density at radius 3 is 2.60 bits per heavy atom. The van der Waals surface area contributed by atoms with E-state index < -0.39 is 22.0 Å². The van der Waals surface area contributed by atoms with Crippen molar-refractivity contribution in [3.8, 4) is 0 Å². The van der Waals surface area contributed by atoms with Gasteiger partial charge in [-0.15, -0.1) is 0 Å². The monoisotopic (exact) mass is 364 g/mol. The van der Waals surface area contributed by atoms with Crippen LogP contribution in [-0.4, -0.2) is 37.0 Å². The van der Waals surface area contributed by atoms with E-state index in [0.717, 1.165) is 0 Å². The zero-order chi connectivity index (χ0) is 18.4. The highest BCUT2D eigenvalue weighted by Crippen LogP contribution is 2.16. The summed E-state index contributed by atoms with van der Waals surface area (Å²) in [5.74, 6) is -0.850. The van der Waals surface area contributed by atoms with Gasteiger partial charge in [0.15, 0.2) is 0 Å². The number of benzene rings is 1. The molecule has 0 spiro atoms. The largest absolute Gasteiger partial charge is 0.462 e. The number of aromatic nitrogens is 2. The highest BCUT2D eigenvalue weighted by molar-refractivity contribution is 7.90. The first kappa shape index (κ1) is 18.3. The van der Waals surface area contributed by atoms with Crippen LogP contribution in [0.3, 0.4) is 0 Å². The average Bonchev–Trinajstić information content (AvgIpc) is 2.54. The molecule has 1 heterocycles. The summed E-state index contributed by atoms with van der Waals surface area (Å²) in [5.41, 5.74) is 0.428. The number of hydrogen-bond donors (Lipinski definition) is 2. The van der Waals surface area contributed by atoms with Crippen molar-refractivity contribution in [3.05, 3.63) is 47.8 Å². The number of hydrogen-bond acceptors (Lipinski definition) is 7. The normalized spacial score (nSPS) is 10.8. The number of esters is 1. The van der Waals surface area contributed by atoms with E-state index in [1.165, 1.54) is 30.5 Å². The predicted molar refractivity (Wildman–Crippen MR) is 88.5 cm³/mol. The number of rotatable bonds is 5. The van der Waals surface area contributed by atoms with Gasteiger partial charge < -0.3 is 4.74 Å². The number of ether oxygens (including phenoxy) is 1. The molecule has 0 atom stereocenters. The van der Waals surface area contributed by atoms with Crippen molar-refractivity contribution in [2.24, 2.45) is 0 Å². The lowest BCUT2D eigenvalue weighted by atomic mass is 10.2. The Morgan fingerprint density at radius 2 is 1.92 bits per heavy atom. The van der Waals surface area contributed by atoms with Crippen LogP contribution in [0.4, 0.5) is 10.7 Å². The Bertz CT molecular complexity index is 898. The molecule has 0 radical (unpaired) electrons. The van der Waals surface area contributed by atoms with Gasteiger partial charge in [-0.25, -0.2) is 32.7 Å². The molecule has 0 aliphatic rings. The van der Waals surface area contributed by atoms with Gasteiger partial charge in [-0.05, 0) is 32.0 Å². The topological polar surface area (TPSA) is 127 Å². The molecule has 2 aromatic rings. The molecule has 0 bridgehead atoms. The first-order valence-electron chi connectivity index (χ1n) is 7.23. The number of nitrogens with one attached hydrogen (secondary N) is 2. The molecule has 25 heavy (non-hydrogen) atoms. The Balaban J connectivity index is 2.22. The Kier molecular flexibility index (Phi) is 5.65. The molecule has 0 fully saturated rings. The molecular formula is C15H16N4O5S. The van der Waals surface area contributed by atoms with Gasteiger partial charge in [0, 0.05) is 11.9 Å². The van der Waals surface area contributed by atoms with Crippen LogP contribution in [-0.2, 0) is 14.8 Å². The number of amides is 2. The van der Waals surface area contributed by atoms with Gasteiger partial charge in [-0.1, -0.05) is 12.1 Å². The highest BCUT2D eigenvalue weighted by atomic mass is 32.2. The second-order valence-corrected chi connectivity index (χ2v) is 6.45. The van der Waals surface area contributed by atoms with E-state index in [2.05, 4.69) is 15.3 Å². The average molecular weight is 364 g/mol. The van der Waals surface area contributed by atoms with Gasteiger partial charge in [0.2, 0.25) is 5.95 Å². The van der Waals surface area contributed by atoms with Crippen molar-refractivity contribution in [3.63, 3.8) is 0 Å². The lowest BCUT2D eigenvalue weighted by Gasteiger charge is -2.11. The number of nitrogens with zero attached hydrogens (tertiary/aromatic N) is 2. The van der Waals surface area contributed by atoms with E-state index in [-0.39, 0.29) is 23.0 Å². The fourth-order valence-electron chi connectivity index (χ4n) is 1.89. The third-order valence-electron chi connectivity index (χ3n) is 2.92. The zero-order valence-electron chi connectivity index (χ0n) is 13.5. The van der Waals surface area contributed by atoms with E-state index >= 15 is 0 Å². The van der Waals surface area contributed by atoms with Crippen LogP contribution in [0.1, 0.15) is 23.0 Å². The number of anilines is 1. The van der Waals surface area contributed by atoms with E-state index in [4.69, 9.17) is 4.74 Å². The third kappa shape index (κ3) is 4.73. The van der Waals surface area contributed by atoms with Crippen molar-refractivity contribution in [2.45, 2.75) is 18.7 Å². The molecule has 2 amide bonds. The number of carbonyl (C=O) groups excluding carboxylic acids is 2. The summed E-state index contributed by atoms with van der Waals surface area (Å²) < 4.78 is 31.5. The van der Waals surface area contributed by atoms with Crippen LogP contribution < -0.4 is 10.0 Å². The maximum atomic E-state index is 12.4. The summed E-state index contributed by atoms with van der Waals surface area (Å²) >= 11 is 0. The summed E-state index contributed by atoms with van der Waals surface area (Å²) in [4.78, 5) is 31.2. The summed E-state index contributed by atoms with van der Waals surface area (Å²) in [6, 6.07) is 5.99. The Hall–Kier alpha value is -3.01. The Labute approximate surface area is 144 Å². The molecule has 0 saturated heterocycles. The SMILES string of the molecule is CCOC(=O)c1ccccc1S(=O)(=O)NC(=O)Nc1nccc(C)n1. The summed E-state index contributed by atoms with van der Waals surface area (Å²) in [7, 11) is -4.30. The first-order valence-corrected chi connectivity index (χ1v) is 8.71. The van der Waals surface area contributed by atoms with E-state index in [1.807, 2.05) is 4.72 Å². The third-order valence-corrected chi connectivity index (χ3v) is 4.31. The standard InChI is InChI=1S/C15H16N4O5S/c1-3-24-13(20)11-6-4-5-7-12(11)25(22,23)19-15(21)18-14-16-9-8-10(2)17-14/h4-9H,3H2,1-2H3,(H2,16,17,18,19,21). The fourth-order valence-corrected chi connectivity index (χ4v) is 3.00. The molecule has 1 aromatic carbocycles. The lowest BCUT2D eigenvalue weighted by Crippen LogP contribution is -2.35. The maximum Gasteiger partial charge on any atom is 0.339 e. The molecule has 2 N–H and O–H groups in total. The van der Waals surface area contributed by atoms with Gasteiger partial charge in [0.05, 0.1) is 12.2 Å². The van der Waals surface area contributed by atoms with Crippen LogP contribution >= 0.6 is 0 Å². The van der Waals surface area contributed by atoms with Crippen LogP contribution in [0.5, 0.6) is 0 Å². The maximum absolute atomic E-state index is 12.4. The molecule has 9 nitrogen and oxygen atoms in total. The van der Waals surface area contributed by atoms with E-state index in [1.54, 1.807) is 19.9 Å². The first-order chi connectivity index (χ1) is 11.8. The molecule has 0 aliphatic heterocycles. The molecule has 10 heteroatoms. The second-order valence-electron chi connectivity index (χ2n) is 4.80. The summed E-state index contributed by atoms with van der Waals surface area (Å²) in [6.45, 7) is 3.38. The fraction of sp³-hybridized carbons (Fsp3) is 0.200. The van der Waals surface area contributed by atoms with Gasteiger partial charge in [-0.3, -0.25) is 5.32 Å². The lowest BCUT2D eigenvalue weighted by molar-refractivity contribution is 0.0521. The van der Waals surface area contributed by atoms with Gasteiger partial charge in [-0.2, -0.15) is 0 Å². The second kappa shape index (κ2) is 7.71. The van der Waals surface area contributed by atoms with Gasteiger partial charge in [0.25, 0.3) is 10.0 Å². The Morgan fingerprint density at radius 1 is 1.20 bits per heavy atom. The quantitative estimate of drug-likeness (QED) is 0.769. The van der Waals surface area contributed by atoms with Gasteiger partial charge in [0.1, 0.15) is 4.90 Å². The highest BCUT2D eigenvalue weighted by Gasteiger charge is 2.25. The minimum Gasteiger partial charge on any atom is -0.462 e. The zero-order valence-corrected chi connectivity index (χ0v) is 14.3. The number of urea groups is 1. The molecule has 0 aliphatic carbocycles. The molecule has 1 aromatic heterocycles. The predicted octanol–water partition coefficient (Wildman–Crippen LogP) is 1.47. The van der Waals surface area contributed by atoms with Crippen molar-refractivity contribution >= 4 is 28.0 Å². The van der Waals surface area contributed by atoms with E-state index in [0.29, 0.717) is 5.69 Å². The number of carbonyl (C=O) groups is 2. The van der Waals surface area contributed by atoms with Crippen LogP contribution in [0, 0.1) is 6.92 Å². The van der Waals surface area contributed by atoms with E-state index in [9.17, 15) is 18.0 Å². The van der Waals surface area contributed by atoms with Crippen molar-refractivity contribution < 1.29 is 22.7 Å².